The zero-order chi connectivity index (χ0) is 20.1. The maximum atomic E-state index is 12.0. The zero-order valence-corrected chi connectivity index (χ0v) is 16.2. The van der Waals surface area contributed by atoms with Gasteiger partial charge in [-0.05, 0) is 31.2 Å². The van der Waals surface area contributed by atoms with Gasteiger partial charge in [-0.1, -0.05) is 6.07 Å². The topological polar surface area (TPSA) is 84.3 Å². The van der Waals surface area contributed by atoms with Crippen molar-refractivity contribution in [2.75, 3.05) is 37.7 Å². The monoisotopic (exact) mass is 390 g/mol. The van der Waals surface area contributed by atoms with Crippen molar-refractivity contribution in [3.05, 3.63) is 55.0 Å². The van der Waals surface area contributed by atoms with Crippen molar-refractivity contribution in [3.63, 3.8) is 0 Å². The number of nitrogens with zero attached hydrogens (tertiary/aromatic N) is 6. The molecule has 4 rings (SSSR count). The summed E-state index contributed by atoms with van der Waals surface area (Å²) in [5, 5.41) is 0. The van der Waals surface area contributed by atoms with E-state index in [1.807, 2.05) is 43.3 Å². The molecule has 3 aromatic rings. The largest absolute Gasteiger partial charge is 0.450 e. The molecule has 8 heteroatoms. The van der Waals surface area contributed by atoms with E-state index in [0.29, 0.717) is 38.6 Å². The van der Waals surface area contributed by atoms with E-state index in [4.69, 9.17) is 14.7 Å². The second-order valence-electron chi connectivity index (χ2n) is 6.56. The van der Waals surface area contributed by atoms with Gasteiger partial charge in [-0.3, -0.25) is 9.97 Å². The second kappa shape index (κ2) is 8.64. The number of pyridine rings is 2. The summed E-state index contributed by atoms with van der Waals surface area (Å²) in [5.41, 5.74) is 2.49. The van der Waals surface area contributed by atoms with Crippen LogP contribution in [0.25, 0.3) is 22.8 Å². The van der Waals surface area contributed by atoms with E-state index < -0.39 is 0 Å². The van der Waals surface area contributed by atoms with Crippen LogP contribution in [0.15, 0.2) is 55.0 Å². The molecule has 0 spiro atoms. The van der Waals surface area contributed by atoms with Crippen LogP contribution in [0.3, 0.4) is 0 Å². The van der Waals surface area contributed by atoms with Gasteiger partial charge >= 0.3 is 6.09 Å². The molecular weight excluding hydrogens is 368 g/mol. The number of ether oxygens (including phenoxy) is 1. The lowest BCUT2D eigenvalue weighted by atomic mass is 10.1. The van der Waals surface area contributed by atoms with Crippen LogP contribution in [0.1, 0.15) is 6.92 Å². The van der Waals surface area contributed by atoms with Crippen molar-refractivity contribution in [3.8, 4) is 22.8 Å². The van der Waals surface area contributed by atoms with Gasteiger partial charge in [0.1, 0.15) is 11.5 Å². The minimum absolute atomic E-state index is 0.263. The minimum atomic E-state index is -0.263. The standard InChI is InChI=1S/C21H22N6O2/c1-2-29-21(28)27-13-11-26(12-14-27)19-15-18(16-6-9-22-10-7-16)24-20(25-19)17-5-3-4-8-23-17/h3-10,15H,2,11-14H2,1H3. The average molecular weight is 390 g/mol. The SMILES string of the molecule is CCOC(=O)N1CCN(c2cc(-c3ccncc3)nc(-c3ccccn3)n2)CC1. The molecule has 1 saturated heterocycles. The van der Waals surface area contributed by atoms with Gasteiger partial charge in [-0.15, -0.1) is 0 Å². The molecule has 8 nitrogen and oxygen atoms in total. The first-order chi connectivity index (χ1) is 14.2. The van der Waals surface area contributed by atoms with Crippen LogP contribution >= 0.6 is 0 Å². The second-order valence-corrected chi connectivity index (χ2v) is 6.56. The zero-order valence-electron chi connectivity index (χ0n) is 16.2. The Balaban J connectivity index is 1.64. The number of aromatic nitrogens is 4. The molecule has 0 aliphatic carbocycles. The molecule has 1 fully saturated rings. The van der Waals surface area contributed by atoms with Crippen molar-refractivity contribution in [1.29, 1.82) is 0 Å². The Bertz CT molecular complexity index is 902. The van der Waals surface area contributed by atoms with E-state index >= 15 is 0 Å². The third-order valence-electron chi connectivity index (χ3n) is 4.71. The van der Waals surface area contributed by atoms with Crippen molar-refractivity contribution in [2.24, 2.45) is 0 Å². The number of hydrogen-bond donors (Lipinski definition) is 0. The summed E-state index contributed by atoms with van der Waals surface area (Å²) in [7, 11) is 0. The third-order valence-corrected chi connectivity index (χ3v) is 4.71. The fraction of sp³-hybridized carbons (Fsp3) is 0.286. The van der Waals surface area contributed by atoms with Gasteiger partial charge in [0.2, 0.25) is 0 Å². The molecule has 1 aliphatic rings. The van der Waals surface area contributed by atoms with Crippen molar-refractivity contribution in [1.82, 2.24) is 24.8 Å². The molecule has 1 amide bonds. The van der Waals surface area contributed by atoms with Crippen molar-refractivity contribution >= 4 is 11.9 Å². The van der Waals surface area contributed by atoms with Crippen LogP contribution in [0, 0.1) is 0 Å². The molecule has 0 unspecified atom stereocenters. The van der Waals surface area contributed by atoms with E-state index in [-0.39, 0.29) is 6.09 Å². The van der Waals surface area contributed by atoms with Gasteiger partial charge < -0.3 is 14.5 Å². The first kappa shape index (κ1) is 18.8. The quantitative estimate of drug-likeness (QED) is 0.677. The summed E-state index contributed by atoms with van der Waals surface area (Å²) in [6, 6.07) is 11.5. The molecule has 4 heterocycles. The highest BCUT2D eigenvalue weighted by Crippen LogP contribution is 2.25. The fourth-order valence-corrected chi connectivity index (χ4v) is 3.21. The van der Waals surface area contributed by atoms with Crippen molar-refractivity contribution in [2.45, 2.75) is 6.92 Å². The summed E-state index contributed by atoms with van der Waals surface area (Å²) in [6.07, 6.45) is 4.96. The Morgan fingerprint density at radius 1 is 1.00 bits per heavy atom. The highest BCUT2D eigenvalue weighted by Gasteiger charge is 2.23. The van der Waals surface area contributed by atoms with E-state index in [1.165, 1.54) is 0 Å². The Kier molecular flexibility index (Phi) is 5.60. The summed E-state index contributed by atoms with van der Waals surface area (Å²) in [6.45, 7) is 4.72. The predicted molar refractivity (Wildman–Crippen MR) is 109 cm³/mol. The maximum Gasteiger partial charge on any atom is 0.409 e. The number of piperazine rings is 1. The summed E-state index contributed by atoms with van der Waals surface area (Å²) in [5.74, 6) is 1.39. The van der Waals surface area contributed by atoms with E-state index in [9.17, 15) is 4.79 Å². The number of hydrogen-bond acceptors (Lipinski definition) is 7. The van der Waals surface area contributed by atoms with Crippen LogP contribution in [-0.4, -0.2) is 63.7 Å². The van der Waals surface area contributed by atoms with E-state index in [1.54, 1.807) is 23.5 Å². The highest BCUT2D eigenvalue weighted by molar-refractivity contribution is 5.69. The molecule has 0 bridgehead atoms. The van der Waals surface area contributed by atoms with E-state index in [2.05, 4.69) is 14.9 Å². The normalized spacial score (nSPS) is 14.0. The summed E-state index contributed by atoms with van der Waals surface area (Å²) >= 11 is 0. The lowest BCUT2D eigenvalue weighted by molar-refractivity contribution is 0.105. The fourth-order valence-electron chi connectivity index (χ4n) is 3.21. The summed E-state index contributed by atoms with van der Waals surface area (Å²) < 4.78 is 5.10. The van der Waals surface area contributed by atoms with Crippen molar-refractivity contribution < 1.29 is 9.53 Å². The van der Waals surface area contributed by atoms with Gasteiger partial charge in [0.05, 0.1) is 12.3 Å². The molecule has 0 aromatic carbocycles. The lowest BCUT2D eigenvalue weighted by Crippen LogP contribution is -2.49. The summed E-state index contributed by atoms with van der Waals surface area (Å²) in [4.78, 5) is 33.8. The van der Waals surface area contributed by atoms with Gasteiger partial charge in [0, 0.05) is 56.4 Å². The van der Waals surface area contributed by atoms with Crippen LogP contribution in [-0.2, 0) is 4.74 Å². The maximum absolute atomic E-state index is 12.0. The number of anilines is 1. The van der Waals surface area contributed by atoms with Gasteiger partial charge in [-0.2, -0.15) is 0 Å². The van der Waals surface area contributed by atoms with E-state index in [0.717, 1.165) is 22.8 Å². The molecule has 29 heavy (non-hydrogen) atoms. The molecule has 1 aliphatic heterocycles. The minimum Gasteiger partial charge on any atom is -0.450 e. The smallest absolute Gasteiger partial charge is 0.409 e. The molecule has 0 N–H and O–H groups in total. The Morgan fingerprint density at radius 2 is 1.79 bits per heavy atom. The number of rotatable bonds is 4. The van der Waals surface area contributed by atoms with Crippen LogP contribution in [0.4, 0.5) is 10.6 Å². The molecule has 3 aromatic heterocycles. The molecule has 0 saturated carbocycles. The Morgan fingerprint density at radius 3 is 2.48 bits per heavy atom. The predicted octanol–water partition coefficient (Wildman–Crippen LogP) is 2.88. The Labute approximate surface area is 169 Å². The van der Waals surface area contributed by atoms with Gasteiger partial charge in [0.15, 0.2) is 5.82 Å². The molecular formula is C21H22N6O2. The Hall–Kier alpha value is -3.55. The lowest BCUT2D eigenvalue weighted by Gasteiger charge is -2.34. The average Bonchev–Trinajstić information content (AvgIpc) is 2.80. The third kappa shape index (κ3) is 4.31. The first-order valence-corrected chi connectivity index (χ1v) is 9.62. The van der Waals surface area contributed by atoms with Crippen LogP contribution < -0.4 is 4.90 Å². The number of carbonyl (C=O) groups excluding carboxylic acids is 1. The van der Waals surface area contributed by atoms with Gasteiger partial charge in [-0.25, -0.2) is 14.8 Å². The van der Waals surface area contributed by atoms with Gasteiger partial charge in [0.25, 0.3) is 0 Å². The van der Waals surface area contributed by atoms with Crippen LogP contribution in [0.2, 0.25) is 0 Å². The first-order valence-electron chi connectivity index (χ1n) is 9.62. The van der Waals surface area contributed by atoms with Crippen LogP contribution in [0.5, 0.6) is 0 Å². The molecule has 0 radical (unpaired) electrons. The number of amides is 1. The molecule has 0 atom stereocenters. The molecule has 148 valence electrons. The number of carbonyl (C=O) groups is 1. The highest BCUT2D eigenvalue weighted by atomic mass is 16.6.